The molecular formula is C11H13FN2O6S. The van der Waals surface area contributed by atoms with E-state index in [4.69, 9.17) is 5.11 Å². The Kier molecular flexibility index (Phi) is 5.33. The fraction of sp³-hybridized carbons (Fsp3) is 0.364. The van der Waals surface area contributed by atoms with Gasteiger partial charge in [-0.05, 0) is 12.5 Å². The van der Waals surface area contributed by atoms with E-state index >= 15 is 0 Å². The van der Waals surface area contributed by atoms with Crippen molar-refractivity contribution in [2.75, 3.05) is 13.1 Å². The zero-order chi connectivity index (χ0) is 16.2. The van der Waals surface area contributed by atoms with Gasteiger partial charge in [-0.2, -0.15) is 4.31 Å². The van der Waals surface area contributed by atoms with E-state index in [9.17, 15) is 27.7 Å². The predicted molar refractivity (Wildman–Crippen MR) is 69.7 cm³/mol. The van der Waals surface area contributed by atoms with Crippen molar-refractivity contribution in [3.05, 3.63) is 34.1 Å². The van der Waals surface area contributed by atoms with Crippen LogP contribution in [0.4, 0.5) is 10.1 Å². The smallest absolute Gasteiger partial charge is 0.318 e. The third-order valence-electron chi connectivity index (χ3n) is 2.53. The van der Waals surface area contributed by atoms with E-state index in [1.807, 2.05) is 0 Å². The molecule has 0 spiro atoms. The van der Waals surface area contributed by atoms with Crippen molar-refractivity contribution in [1.29, 1.82) is 0 Å². The Bertz CT molecular complexity index is 661. The lowest BCUT2D eigenvalue weighted by molar-refractivity contribution is -0.388. The van der Waals surface area contributed by atoms with Gasteiger partial charge in [0, 0.05) is 12.6 Å². The van der Waals surface area contributed by atoms with Crippen LogP contribution in [0.1, 0.15) is 13.3 Å². The van der Waals surface area contributed by atoms with Gasteiger partial charge in [0.05, 0.1) is 4.92 Å². The monoisotopic (exact) mass is 320 g/mol. The van der Waals surface area contributed by atoms with Crippen molar-refractivity contribution in [1.82, 2.24) is 4.31 Å². The average molecular weight is 320 g/mol. The number of carboxylic acids is 1. The Morgan fingerprint density at radius 3 is 2.57 bits per heavy atom. The van der Waals surface area contributed by atoms with Crippen molar-refractivity contribution in [3.63, 3.8) is 0 Å². The lowest BCUT2D eigenvalue weighted by Gasteiger charge is -2.19. The van der Waals surface area contributed by atoms with Crippen molar-refractivity contribution in [2.24, 2.45) is 0 Å². The van der Waals surface area contributed by atoms with Crippen LogP contribution in [0, 0.1) is 15.9 Å². The first kappa shape index (κ1) is 17.0. The SMILES string of the molecule is CCCN(CC(=O)O)S(=O)(=O)c1c(F)cccc1[N+](=O)[O-]. The molecule has 0 bridgehead atoms. The van der Waals surface area contributed by atoms with E-state index in [0.29, 0.717) is 4.31 Å². The fourth-order valence-corrected chi connectivity index (χ4v) is 3.39. The second kappa shape index (κ2) is 6.59. The van der Waals surface area contributed by atoms with Crippen molar-refractivity contribution in [3.8, 4) is 0 Å². The summed E-state index contributed by atoms with van der Waals surface area (Å²) in [6, 6.07) is 2.62. The van der Waals surface area contributed by atoms with E-state index in [-0.39, 0.29) is 13.0 Å². The summed E-state index contributed by atoms with van der Waals surface area (Å²) in [5, 5.41) is 19.6. The number of nitrogens with zero attached hydrogens (tertiary/aromatic N) is 2. The zero-order valence-electron chi connectivity index (χ0n) is 11.0. The highest BCUT2D eigenvalue weighted by Gasteiger charge is 2.35. The van der Waals surface area contributed by atoms with Crippen molar-refractivity contribution >= 4 is 21.7 Å². The maximum atomic E-state index is 13.8. The van der Waals surface area contributed by atoms with E-state index in [1.54, 1.807) is 6.92 Å². The molecule has 1 rings (SSSR count). The molecule has 0 aliphatic heterocycles. The molecule has 0 amide bonds. The van der Waals surface area contributed by atoms with Crippen LogP contribution in [0.2, 0.25) is 0 Å². The van der Waals surface area contributed by atoms with Crippen LogP contribution >= 0.6 is 0 Å². The Morgan fingerprint density at radius 2 is 2.10 bits per heavy atom. The predicted octanol–water partition coefficient (Wildman–Crippen LogP) is 1.22. The Balaban J connectivity index is 3.47. The Labute approximate surface area is 120 Å². The summed E-state index contributed by atoms with van der Waals surface area (Å²) in [4.78, 5) is 19.4. The first-order valence-corrected chi connectivity index (χ1v) is 7.30. The van der Waals surface area contributed by atoms with Gasteiger partial charge < -0.3 is 5.11 Å². The Morgan fingerprint density at radius 1 is 1.48 bits per heavy atom. The standard InChI is InChI=1S/C11H13FN2O6S/c1-2-6-13(7-10(15)16)21(19,20)11-8(12)4-3-5-9(11)14(17)18/h3-5H,2,6-7H2,1H3,(H,15,16). The second-order valence-electron chi connectivity index (χ2n) is 4.08. The molecule has 1 aromatic rings. The molecule has 0 saturated carbocycles. The van der Waals surface area contributed by atoms with Crippen LogP contribution in [-0.2, 0) is 14.8 Å². The maximum Gasteiger partial charge on any atom is 0.318 e. The molecule has 116 valence electrons. The molecule has 0 aliphatic carbocycles. The number of benzene rings is 1. The van der Waals surface area contributed by atoms with Crippen LogP contribution in [0.25, 0.3) is 0 Å². The van der Waals surface area contributed by atoms with Crippen LogP contribution < -0.4 is 0 Å². The number of halogens is 1. The number of carbonyl (C=O) groups is 1. The zero-order valence-corrected chi connectivity index (χ0v) is 11.8. The minimum atomic E-state index is -4.63. The molecule has 1 aromatic carbocycles. The van der Waals surface area contributed by atoms with Crippen molar-refractivity contribution < 1.29 is 27.6 Å². The van der Waals surface area contributed by atoms with Gasteiger partial charge in [-0.1, -0.05) is 13.0 Å². The molecule has 8 nitrogen and oxygen atoms in total. The summed E-state index contributed by atoms with van der Waals surface area (Å²) in [5.41, 5.74) is -0.929. The second-order valence-corrected chi connectivity index (χ2v) is 5.95. The van der Waals surface area contributed by atoms with Gasteiger partial charge in [-0.25, -0.2) is 12.8 Å². The number of rotatable bonds is 7. The number of nitro groups is 1. The molecule has 0 saturated heterocycles. The quantitative estimate of drug-likeness (QED) is 0.596. The third-order valence-corrected chi connectivity index (χ3v) is 4.44. The lowest BCUT2D eigenvalue weighted by atomic mass is 10.3. The number of hydrogen-bond acceptors (Lipinski definition) is 5. The number of hydrogen-bond donors (Lipinski definition) is 1. The molecule has 0 aliphatic rings. The molecule has 0 heterocycles. The summed E-state index contributed by atoms with van der Waals surface area (Å²) in [5.74, 6) is -2.73. The highest BCUT2D eigenvalue weighted by Crippen LogP contribution is 2.29. The molecule has 1 N–H and O–H groups in total. The molecule has 21 heavy (non-hydrogen) atoms. The average Bonchev–Trinajstić information content (AvgIpc) is 2.37. The van der Waals surface area contributed by atoms with Gasteiger partial charge >= 0.3 is 5.97 Å². The minimum absolute atomic E-state index is 0.194. The summed E-state index contributed by atoms with van der Waals surface area (Å²) in [7, 11) is -4.63. The molecule has 0 fully saturated rings. The molecule has 0 radical (unpaired) electrons. The van der Waals surface area contributed by atoms with E-state index < -0.39 is 43.9 Å². The summed E-state index contributed by atoms with van der Waals surface area (Å²) >= 11 is 0. The summed E-state index contributed by atoms with van der Waals surface area (Å²) < 4.78 is 38.9. The topological polar surface area (TPSA) is 118 Å². The normalized spacial score (nSPS) is 11.6. The fourth-order valence-electron chi connectivity index (χ4n) is 1.71. The summed E-state index contributed by atoms with van der Waals surface area (Å²) in [6.45, 7) is 0.502. The third kappa shape index (κ3) is 3.73. The largest absolute Gasteiger partial charge is 0.480 e. The van der Waals surface area contributed by atoms with E-state index in [2.05, 4.69) is 0 Å². The van der Waals surface area contributed by atoms with Crippen LogP contribution in [-0.4, -0.2) is 41.8 Å². The lowest BCUT2D eigenvalue weighted by Crippen LogP contribution is -2.37. The number of sulfonamides is 1. The van der Waals surface area contributed by atoms with Gasteiger partial charge in [-0.3, -0.25) is 14.9 Å². The van der Waals surface area contributed by atoms with Gasteiger partial charge in [-0.15, -0.1) is 0 Å². The van der Waals surface area contributed by atoms with Crippen LogP contribution in [0.3, 0.4) is 0 Å². The highest BCUT2D eigenvalue weighted by molar-refractivity contribution is 7.89. The maximum absolute atomic E-state index is 13.8. The minimum Gasteiger partial charge on any atom is -0.480 e. The first-order chi connectivity index (χ1) is 9.71. The van der Waals surface area contributed by atoms with E-state index in [0.717, 1.165) is 18.2 Å². The number of aliphatic carboxylic acids is 1. The molecule has 0 unspecified atom stereocenters. The molecule has 0 atom stereocenters. The van der Waals surface area contributed by atoms with Crippen LogP contribution in [0.15, 0.2) is 23.1 Å². The van der Waals surface area contributed by atoms with E-state index in [1.165, 1.54) is 0 Å². The number of nitro benzene ring substituents is 1. The summed E-state index contributed by atoms with van der Waals surface area (Å²) in [6.07, 6.45) is 0.273. The van der Waals surface area contributed by atoms with Crippen molar-refractivity contribution in [2.45, 2.75) is 18.2 Å². The number of carboxylic acid groups (broad SMARTS) is 1. The highest BCUT2D eigenvalue weighted by atomic mass is 32.2. The molecule has 0 aromatic heterocycles. The van der Waals surface area contributed by atoms with Gasteiger partial charge in [0.1, 0.15) is 12.4 Å². The Hall–Kier alpha value is -2.07. The van der Waals surface area contributed by atoms with Gasteiger partial charge in [0.15, 0.2) is 4.90 Å². The first-order valence-electron chi connectivity index (χ1n) is 5.86. The van der Waals surface area contributed by atoms with Gasteiger partial charge in [0.25, 0.3) is 15.7 Å². The molecular weight excluding hydrogens is 307 g/mol. The molecule has 10 heteroatoms. The van der Waals surface area contributed by atoms with Gasteiger partial charge in [0.2, 0.25) is 0 Å². The van der Waals surface area contributed by atoms with Crippen LogP contribution in [0.5, 0.6) is 0 Å².